The van der Waals surface area contributed by atoms with Gasteiger partial charge in [0.05, 0.1) is 0 Å². The number of hydrogen-bond donors (Lipinski definition) is 2. The molecule has 1 aliphatic carbocycles. The minimum absolute atomic E-state index is 0.0676. The molecule has 2 amide bonds. The Morgan fingerprint density at radius 3 is 2.21 bits per heavy atom. The van der Waals surface area contributed by atoms with Crippen molar-refractivity contribution in [3.05, 3.63) is 30.1 Å². The summed E-state index contributed by atoms with van der Waals surface area (Å²) in [5.41, 5.74) is 0.403. The molecule has 6 nitrogen and oxygen atoms in total. The van der Waals surface area contributed by atoms with Crippen LogP contribution in [0.3, 0.4) is 0 Å². The molecule has 0 radical (unpaired) electrons. The standard InChI is InChI=1S/C21H29FN2O4/c1-13(2)18(24-20(26)15-7-5-4-6-8-15)21(27)28-14(3)19(25)23-17-11-9-16(22)10-12-17/h9-15,18H,4-8H2,1-3H3,(H,23,25)(H,24,26)/t14-,18+/m0/s1. The third kappa shape index (κ3) is 6.32. The zero-order chi connectivity index (χ0) is 20.7. The maximum absolute atomic E-state index is 12.9. The van der Waals surface area contributed by atoms with Crippen LogP contribution in [0.15, 0.2) is 24.3 Å². The van der Waals surface area contributed by atoms with Gasteiger partial charge in [-0.25, -0.2) is 9.18 Å². The maximum Gasteiger partial charge on any atom is 0.329 e. The highest BCUT2D eigenvalue weighted by Crippen LogP contribution is 2.24. The van der Waals surface area contributed by atoms with Gasteiger partial charge < -0.3 is 15.4 Å². The minimum Gasteiger partial charge on any atom is -0.451 e. The zero-order valence-corrected chi connectivity index (χ0v) is 16.7. The van der Waals surface area contributed by atoms with Crippen LogP contribution in [0.5, 0.6) is 0 Å². The molecule has 0 spiro atoms. The second-order valence-electron chi connectivity index (χ2n) is 7.64. The van der Waals surface area contributed by atoms with Crippen LogP contribution in [0, 0.1) is 17.7 Å². The van der Waals surface area contributed by atoms with Crippen molar-refractivity contribution in [3.8, 4) is 0 Å². The summed E-state index contributed by atoms with van der Waals surface area (Å²) >= 11 is 0. The predicted molar refractivity (Wildman–Crippen MR) is 104 cm³/mol. The van der Waals surface area contributed by atoms with Gasteiger partial charge in [0.25, 0.3) is 5.91 Å². The Labute approximate surface area is 165 Å². The van der Waals surface area contributed by atoms with E-state index in [4.69, 9.17) is 4.74 Å². The van der Waals surface area contributed by atoms with Gasteiger partial charge in [-0.1, -0.05) is 33.1 Å². The molecule has 0 saturated heterocycles. The van der Waals surface area contributed by atoms with Gasteiger partial charge in [-0.15, -0.1) is 0 Å². The maximum atomic E-state index is 12.9. The molecule has 1 aromatic carbocycles. The number of halogens is 1. The monoisotopic (exact) mass is 392 g/mol. The minimum atomic E-state index is -1.05. The molecule has 2 atom stereocenters. The fraction of sp³-hybridized carbons (Fsp3) is 0.571. The molecule has 0 heterocycles. The van der Waals surface area contributed by atoms with Gasteiger partial charge in [0.15, 0.2) is 6.10 Å². The summed E-state index contributed by atoms with van der Waals surface area (Å²) < 4.78 is 18.2. The summed E-state index contributed by atoms with van der Waals surface area (Å²) in [6.07, 6.45) is 3.81. The van der Waals surface area contributed by atoms with Crippen molar-refractivity contribution < 1.29 is 23.5 Å². The van der Waals surface area contributed by atoms with Crippen molar-refractivity contribution >= 4 is 23.5 Å². The Balaban J connectivity index is 1.91. The van der Waals surface area contributed by atoms with Gasteiger partial charge in [-0.2, -0.15) is 0 Å². The van der Waals surface area contributed by atoms with E-state index in [0.717, 1.165) is 32.1 Å². The van der Waals surface area contributed by atoms with Gasteiger partial charge in [0, 0.05) is 11.6 Å². The summed E-state index contributed by atoms with van der Waals surface area (Å²) in [6, 6.07) is 4.48. The highest BCUT2D eigenvalue weighted by Gasteiger charge is 2.31. The molecular weight excluding hydrogens is 363 g/mol. The molecule has 2 rings (SSSR count). The number of hydrogen-bond acceptors (Lipinski definition) is 4. The van der Waals surface area contributed by atoms with Gasteiger partial charge in [0.1, 0.15) is 11.9 Å². The summed E-state index contributed by atoms with van der Waals surface area (Å²) in [5.74, 6) is -1.94. The lowest BCUT2D eigenvalue weighted by molar-refractivity contribution is -0.157. The van der Waals surface area contributed by atoms with Crippen LogP contribution in [0.1, 0.15) is 52.9 Å². The van der Waals surface area contributed by atoms with Crippen molar-refractivity contribution in [1.82, 2.24) is 5.32 Å². The first kappa shape index (κ1) is 21.9. The van der Waals surface area contributed by atoms with Crippen molar-refractivity contribution in [2.75, 3.05) is 5.32 Å². The molecule has 1 saturated carbocycles. The first-order valence-corrected chi connectivity index (χ1v) is 9.85. The topological polar surface area (TPSA) is 84.5 Å². The van der Waals surface area contributed by atoms with E-state index in [1.807, 2.05) is 13.8 Å². The Bertz CT molecular complexity index is 684. The quantitative estimate of drug-likeness (QED) is 0.697. The largest absolute Gasteiger partial charge is 0.451 e. The molecule has 0 aromatic heterocycles. The average Bonchev–Trinajstić information content (AvgIpc) is 2.67. The van der Waals surface area contributed by atoms with Crippen LogP contribution in [0.25, 0.3) is 0 Å². The number of nitrogens with one attached hydrogen (secondary N) is 2. The first-order chi connectivity index (χ1) is 13.3. The highest BCUT2D eigenvalue weighted by atomic mass is 19.1. The molecule has 0 aliphatic heterocycles. The SMILES string of the molecule is CC(C)[C@@H](NC(=O)C1CCCCC1)C(=O)O[C@@H](C)C(=O)Nc1ccc(F)cc1. The summed E-state index contributed by atoms with van der Waals surface area (Å²) in [7, 11) is 0. The van der Waals surface area contributed by atoms with E-state index in [-0.39, 0.29) is 17.7 Å². The Kier molecular flexibility index (Phi) is 7.96. The second kappa shape index (κ2) is 10.2. The van der Waals surface area contributed by atoms with E-state index in [1.54, 1.807) is 0 Å². The smallest absolute Gasteiger partial charge is 0.329 e. The normalized spacial score (nSPS) is 16.9. The molecular formula is C21H29FN2O4. The lowest BCUT2D eigenvalue weighted by Gasteiger charge is -2.26. The fourth-order valence-corrected chi connectivity index (χ4v) is 3.21. The number of carbonyl (C=O) groups excluding carboxylic acids is 3. The van der Waals surface area contributed by atoms with Gasteiger partial charge in [-0.05, 0) is 49.9 Å². The third-order valence-corrected chi connectivity index (χ3v) is 4.97. The van der Waals surface area contributed by atoms with E-state index < -0.39 is 29.8 Å². The number of amides is 2. The van der Waals surface area contributed by atoms with Crippen molar-refractivity contribution in [2.24, 2.45) is 11.8 Å². The molecule has 154 valence electrons. The van der Waals surface area contributed by atoms with Crippen LogP contribution in [-0.2, 0) is 19.1 Å². The highest BCUT2D eigenvalue weighted by molar-refractivity contribution is 5.95. The number of esters is 1. The number of rotatable bonds is 7. The Morgan fingerprint density at radius 2 is 1.64 bits per heavy atom. The van der Waals surface area contributed by atoms with E-state index in [1.165, 1.54) is 31.2 Å². The molecule has 28 heavy (non-hydrogen) atoms. The van der Waals surface area contributed by atoms with Crippen LogP contribution in [0.2, 0.25) is 0 Å². The van der Waals surface area contributed by atoms with Gasteiger partial charge >= 0.3 is 5.97 Å². The van der Waals surface area contributed by atoms with Gasteiger partial charge in [0.2, 0.25) is 5.91 Å². The Morgan fingerprint density at radius 1 is 1.04 bits per heavy atom. The number of carbonyl (C=O) groups is 3. The number of anilines is 1. The molecule has 7 heteroatoms. The van der Waals surface area contributed by atoms with Gasteiger partial charge in [-0.3, -0.25) is 9.59 Å². The van der Waals surface area contributed by atoms with E-state index in [0.29, 0.717) is 5.69 Å². The Hall–Kier alpha value is -2.44. The van der Waals surface area contributed by atoms with E-state index in [9.17, 15) is 18.8 Å². The predicted octanol–water partition coefficient (Wildman–Crippen LogP) is 3.42. The van der Waals surface area contributed by atoms with Crippen molar-refractivity contribution in [1.29, 1.82) is 0 Å². The summed E-state index contributed by atoms with van der Waals surface area (Å²) in [6.45, 7) is 5.09. The van der Waals surface area contributed by atoms with Crippen LogP contribution in [-0.4, -0.2) is 29.9 Å². The second-order valence-corrected chi connectivity index (χ2v) is 7.64. The van der Waals surface area contributed by atoms with Crippen molar-refractivity contribution in [3.63, 3.8) is 0 Å². The molecule has 2 N–H and O–H groups in total. The first-order valence-electron chi connectivity index (χ1n) is 9.85. The third-order valence-electron chi connectivity index (χ3n) is 4.97. The lowest BCUT2D eigenvalue weighted by Crippen LogP contribution is -2.49. The average molecular weight is 392 g/mol. The zero-order valence-electron chi connectivity index (χ0n) is 16.7. The summed E-state index contributed by atoms with van der Waals surface area (Å²) in [4.78, 5) is 37.3. The summed E-state index contributed by atoms with van der Waals surface area (Å²) in [5, 5.41) is 5.36. The number of benzene rings is 1. The van der Waals surface area contributed by atoms with Crippen molar-refractivity contribution in [2.45, 2.75) is 65.0 Å². The fourth-order valence-electron chi connectivity index (χ4n) is 3.21. The van der Waals surface area contributed by atoms with Crippen LogP contribution in [0.4, 0.5) is 10.1 Å². The molecule has 1 fully saturated rings. The molecule has 0 bridgehead atoms. The van der Waals surface area contributed by atoms with Crippen LogP contribution < -0.4 is 10.6 Å². The molecule has 0 unspecified atom stereocenters. The van der Waals surface area contributed by atoms with E-state index >= 15 is 0 Å². The molecule has 1 aliphatic rings. The number of ether oxygens (including phenoxy) is 1. The molecule has 1 aromatic rings. The van der Waals surface area contributed by atoms with E-state index in [2.05, 4.69) is 10.6 Å². The lowest BCUT2D eigenvalue weighted by atomic mass is 9.88. The van der Waals surface area contributed by atoms with Crippen LogP contribution >= 0.6 is 0 Å².